The molecule has 584 valence electrons. The van der Waals surface area contributed by atoms with Crippen LogP contribution in [0.5, 0.6) is 23.0 Å². The molecule has 0 radical (unpaired) electrons. The normalized spacial score (nSPS) is 20.3. The Morgan fingerprint density at radius 3 is 1.39 bits per heavy atom. The van der Waals surface area contributed by atoms with Crippen LogP contribution in [0.4, 0.5) is 10.3 Å². The molecule has 0 spiro atoms. The summed E-state index contributed by atoms with van der Waals surface area (Å²) in [7, 11) is 4.13. The molecular formula is C72H73BrCl5N10O18S4+. The smallest absolute Gasteiger partial charge is 0.352 e. The van der Waals surface area contributed by atoms with Gasteiger partial charge in [0.2, 0.25) is 23.0 Å². The summed E-state index contributed by atoms with van der Waals surface area (Å²) in [5, 5.41) is 88.6. The Morgan fingerprint density at radius 2 is 1.01 bits per heavy atom. The van der Waals surface area contributed by atoms with Crippen molar-refractivity contribution >= 4 is 185 Å². The van der Waals surface area contributed by atoms with E-state index >= 15 is 0 Å². The number of carboxylic acids is 4. The molecule has 6 aliphatic rings. The number of amides is 2. The number of β-lactam (4-membered cyclic amide) rings is 2. The number of aromatic nitrogens is 2. The molecule has 2 aromatic heterocycles. The van der Waals surface area contributed by atoms with Gasteiger partial charge in [-0.25, -0.2) is 29.1 Å². The number of thiazole rings is 2. The number of phenolic OH excluding ortho intramolecular Hbond substituents is 4. The topological polar surface area (TPSA) is 430 Å². The number of nitrogens with two attached hydrogens (primary N) is 2. The predicted octanol–water partition coefficient (Wildman–Crippen LogP) is 6.84. The summed E-state index contributed by atoms with van der Waals surface area (Å²) >= 11 is 35.2. The van der Waals surface area contributed by atoms with Crippen LogP contribution in [0.25, 0.3) is 12.2 Å². The summed E-state index contributed by atoms with van der Waals surface area (Å²) in [6, 6.07) is 15.2. The number of aromatic hydroxyl groups is 4. The molecule has 8 heterocycles. The van der Waals surface area contributed by atoms with Crippen LogP contribution < -0.4 is 33.3 Å². The number of quaternary nitrogens is 2. The minimum absolute atomic E-state index is 0. The zero-order valence-electron chi connectivity index (χ0n) is 59.2. The molecule has 4 aromatic carbocycles. The fourth-order valence-electron chi connectivity index (χ4n) is 12.5. The van der Waals surface area contributed by atoms with Crippen LogP contribution >= 0.6 is 104 Å². The summed E-state index contributed by atoms with van der Waals surface area (Å²) in [6.45, 7) is 8.63. The number of oxime groups is 2. The van der Waals surface area contributed by atoms with Gasteiger partial charge in [0, 0.05) is 70.5 Å². The molecule has 6 atom stereocenters. The van der Waals surface area contributed by atoms with E-state index < -0.39 is 92.5 Å². The number of halogens is 6. The molecule has 2 unspecified atom stereocenters. The van der Waals surface area contributed by atoms with Gasteiger partial charge in [0.1, 0.15) is 42.4 Å². The van der Waals surface area contributed by atoms with Crippen molar-refractivity contribution in [2.75, 3.05) is 50.2 Å². The minimum atomic E-state index is -1.76. The number of carbonyl (C=O) groups excluding carboxylic acids is 4. The van der Waals surface area contributed by atoms with E-state index in [0.717, 1.165) is 87.7 Å². The third kappa shape index (κ3) is 18.5. The van der Waals surface area contributed by atoms with E-state index in [9.17, 15) is 79.2 Å². The predicted molar refractivity (Wildman–Crippen MR) is 415 cm³/mol. The molecule has 13 N–H and O–H groups in total. The van der Waals surface area contributed by atoms with E-state index in [0.29, 0.717) is 52.3 Å². The van der Waals surface area contributed by atoms with Crippen molar-refractivity contribution in [1.82, 2.24) is 19.8 Å². The number of carboxylic acid groups (broad SMARTS) is 4. The lowest BCUT2D eigenvalue weighted by atomic mass is 9.89. The van der Waals surface area contributed by atoms with E-state index in [-0.39, 0.29) is 112 Å². The zero-order chi connectivity index (χ0) is 79.6. The first-order valence-electron chi connectivity index (χ1n) is 33.2. The van der Waals surface area contributed by atoms with Crippen molar-refractivity contribution in [1.29, 1.82) is 0 Å². The van der Waals surface area contributed by atoms with E-state index in [1.807, 2.05) is 48.5 Å². The number of Topliss-reactive ketones (excluding diaryl/α,β-unsaturated/α-hetero) is 2. The Morgan fingerprint density at radius 1 is 0.618 bits per heavy atom. The average molecular weight is 1750 g/mol. The van der Waals surface area contributed by atoms with Crippen molar-refractivity contribution in [2.24, 2.45) is 22.1 Å². The molecule has 0 aliphatic carbocycles. The lowest BCUT2D eigenvalue weighted by molar-refractivity contribution is -0.937. The van der Waals surface area contributed by atoms with Gasteiger partial charge in [0.05, 0.1) is 69.9 Å². The van der Waals surface area contributed by atoms with Gasteiger partial charge in [-0.05, 0) is 66.7 Å². The van der Waals surface area contributed by atoms with Crippen LogP contribution in [0.2, 0.25) is 20.1 Å². The van der Waals surface area contributed by atoms with Crippen LogP contribution in [-0.2, 0) is 86.4 Å². The van der Waals surface area contributed by atoms with Gasteiger partial charge in [0.25, 0.3) is 0 Å². The highest BCUT2D eigenvalue weighted by Gasteiger charge is 2.56. The number of nitrogens with one attached hydrogen (secondary N) is 1. The number of thioether (sulfide) groups is 2. The molecule has 2 fully saturated rings. The van der Waals surface area contributed by atoms with Crippen molar-refractivity contribution in [3.05, 3.63) is 170 Å². The third-order valence-electron chi connectivity index (χ3n) is 18.7. The fourth-order valence-corrected chi connectivity index (χ4v) is 17.6. The van der Waals surface area contributed by atoms with Crippen molar-refractivity contribution < 1.29 is 115 Å². The number of carbonyl (C=O) groups is 8. The molecule has 110 heavy (non-hydrogen) atoms. The number of hydrogen-bond donors (Lipinski definition) is 11. The van der Waals surface area contributed by atoms with Crippen LogP contribution in [-0.4, -0.2) is 184 Å². The highest BCUT2D eigenvalue weighted by atomic mass is 79.9. The number of benzene rings is 4. The number of hydrogen-bond acceptors (Lipinski definition) is 24. The summed E-state index contributed by atoms with van der Waals surface area (Å²) in [4.78, 5) is 123. The summed E-state index contributed by atoms with van der Waals surface area (Å²) in [5.74, 6) is -9.56. The molecule has 12 rings (SSSR count). The molecule has 38 heteroatoms. The number of allylic oxidation sites excluding steroid dienone is 2. The summed E-state index contributed by atoms with van der Waals surface area (Å²) in [6.07, 6.45) is 7.61. The van der Waals surface area contributed by atoms with E-state index in [2.05, 4.69) is 34.4 Å². The highest BCUT2D eigenvalue weighted by molar-refractivity contribution is 8.00. The maximum Gasteiger partial charge on any atom is 0.352 e. The number of nitrogen functional groups attached to an aromatic ring is 2. The average Bonchev–Trinajstić information content (AvgIpc) is 0.747. The lowest BCUT2D eigenvalue weighted by Crippen LogP contribution is -3.08. The molecule has 0 saturated carbocycles. The van der Waals surface area contributed by atoms with E-state index in [1.165, 1.54) is 76.7 Å². The van der Waals surface area contributed by atoms with Crippen LogP contribution in [0, 0.1) is 11.8 Å². The molecule has 6 aliphatic heterocycles. The number of phenols is 4. The van der Waals surface area contributed by atoms with Crippen molar-refractivity contribution in [2.45, 2.75) is 101 Å². The Labute approximate surface area is 681 Å². The van der Waals surface area contributed by atoms with E-state index in [4.69, 9.17) is 79.1 Å². The van der Waals surface area contributed by atoms with Crippen LogP contribution in [0.15, 0.2) is 104 Å². The van der Waals surface area contributed by atoms with Gasteiger partial charge in [-0.15, -0.1) is 57.8 Å². The molecule has 28 nitrogen and oxygen atoms in total. The van der Waals surface area contributed by atoms with Gasteiger partial charge < -0.3 is 88.4 Å². The van der Waals surface area contributed by atoms with Gasteiger partial charge in [-0.1, -0.05) is 130 Å². The molecule has 6 aromatic rings. The number of alkyl halides is 1. The van der Waals surface area contributed by atoms with Crippen LogP contribution in [0.3, 0.4) is 0 Å². The first kappa shape index (κ1) is 85.5. The maximum absolute atomic E-state index is 13.5. The quantitative estimate of drug-likeness (QED) is 0.00780. The lowest BCUT2D eigenvalue weighted by Gasteiger charge is -2.49. The second-order valence-corrected chi connectivity index (χ2v) is 33.1. The Balaban J connectivity index is 0.000000217. The van der Waals surface area contributed by atoms with Crippen molar-refractivity contribution in [3.8, 4) is 23.0 Å². The van der Waals surface area contributed by atoms with Gasteiger partial charge >= 0.3 is 23.9 Å². The maximum atomic E-state index is 13.5. The number of nitrogens with zero attached hydrogens (tertiary/aromatic N) is 7. The van der Waals surface area contributed by atoms with Crippen molar-refractivity contribution in [3.63, 3.8) is 0 Å². The number of anilines is 2. The molecule has 0 bridgehead atoms. The SMILES string of the molecule is CC(C)(O/N=C(\C(=O)C[C@@H]1C(=O)N2C(C(=O)O)=C(C=Cc3ccc(CCl)cc3)CS[C@H]12)c1csc(N)n1)C(=O)O.CC(C)(O/N=C(\C(=O)C[C@@H]1C(=O)N2C(C(=O)O)=C(C=Cc3ccc(C[N+]4(C)CCc5c(Cl)c(O)c(O)c(Cl)c5C4)cc3)CS[C@H]12)c1csc(N)n1)C(=O)O.C[NH+]1CCc2c(Cl)c(O)c(O)c(Cl)c2C1.[Br-]. The largest absolute Gasteiger partial charge is 1.00 e. The second kappa shape index (κ2) is 35.1. The Hall–Kier alpha value is -8.45. The summed E-state index contributed by atoms with van der Waals surface area (Å²) in [5.41, 5.74) is 15.0. The van der Waals surface area contributed by atoms with E-state index in [1.54, 1.807) is 24.3 Å². The fraction of sp³-hybridized carbons (Fsp3) is 0.333. The summed E-state index contributed by atoms with van der Waals surface area (Å²) < 4.78 is 0.594. The number of ketones is 2. The Bertz CT molecular complexity index is 4900. The van der Waals surface area contributed by atoms with Gasteiger partial charge in [0.15, 0.2) is 56.3 Å². The minimum Gasteiger partial charge on any atom is -1.00 e. The number of likely N-dealkylation sites (N-methyl/N-ethyl adjacent to an activating group) is 2. The molecular weight excluding hydrogens is 1680 g/mol. The van der Waals surface area contributed by atoms with Gasteiger partial charge in [-0.2, -0.15) is 0 Å². The first-order chi connectivity index (χ1) is 51.3. The van der Waals surface area contributed by atoms with Crippen LogP contribution in [0.1, 0.15) is 96.4 Å². The molecule has 2 saturated heterocycles. The first-order valence-corrected chi connectivity index (χ1v) is 39.1. The number of aliphatic carboxylic acids is 4. The molecule has 2 amide bonds. The third-order valence-corrected chi connectivity index (χ3v) is 24.7. The second-order valence-electron chi connectivity index (χ2n) is 27.4. The Kier molecular flexibility index (Phi) is 27.3. The highest BCUT2D eigenvalue weighted by Crippen LogP contribution is 2.50. The number of rotatable bonds is 23. The standard InChI is InChI=1S/C36H35Cl2N5O9S2.C26H25ClN4O7S2.C10H11Cl2NO2.BrH/c1-36(2,34(50)51)52-41-27(23-16-54-35(39)40-23)24(44)12-21-31(47)42-28(33(48)49)19(15-53-32(21)42)9-8-17-4-6-18(7-5-17)13-43(3)11-10-20-22(14-43)26(38)30(46)29(45)25(20)37;1-26(2,24(36)37)38-30-19(17-12-40-25(28)29-17)18(32)9-16-21(33)31-20(23(34)35)15(11-39-22(16)31)8-7-13-3-5-14(10-27)6-4-13;1-13-3-2-5-6(4-13)8(12)10(15)9(14)7(5)11;/h4-9,16,21,32H,10-15H2,1-3H3,(H5-,39,40,41,44,45,46,48,49,50,51);3-8,12,16,22H,9-11H2,1-2H3,(H2,28,29)(H,34,35)(H,36,37);14-15H,2-4H2,1H3;1H/p+1/b;8-7?,30-19-;;/t21-,32-,43?;16-,22-;;/m11../s1. The van der Waals surface area contributed by atoms with Gasteiger partial charge in [-0.3, -0.25) is 29.0 Å². The zero-order valence-corrected chi connectivity index (χ0v) is 67.9. The number of fused-ring (bicyclic) bond motifs is 4. The monoisotopic (exact) mass is 1750 g/mol.